The number of anilines is 1. The van der Waals surface area contributed by atoms with Gasteiger partial charge in [-0.25, -0.2) is 4.68 Å². The Hall–Kier alpha value is -1.85. The SMILES string of the molecule is Cn1ncc(N2CCC[C@H](C(=O)NC3CC3)C2)cc1=O. The van der Waals surface area contributed by atoms with Gasteiger partial charge >= 0.3 is 0 Å². The largest absolute Gasteiger partial charge is 0.369 e. The molecule has 0 bridgehead atoms. The molecule has 2 aliphatic rings. The van der Waals surface area contributed by atoms with Gasteiger partial charge in [0.25, 0.3) is 5.56 Å². The Balaban J connectivity index is 1.68. The number of carbonyl (C=O) groups excluding carboxylic acids is 1. The van der Waals surface area contributed by atoms with E-state index in [1.807, 2.05) is 0 Å². The molecule has 2 fully saturated rings. The van der Waals surface area contributed by atoms with Gasteiger partial charge in [0.2, 0.25) is 5.91 Å². The minimum absolute atomic E-state index is 0.0217. The highest BCUT2D eigenvalue weighted by Crippen LogP contribution is 2.24. The Bertz CT molecular complexity index is 565. The number of rotatable bonds is 3. The van der Waals surface area contributed by atoms with Gasteiger partial charge in [0, 0.05) is 32.2 Å². The van der Waals surface area contributed by atoms with E-state index in [0.29, 0.717) is 12.6 Å². The molecule has 1 saturated heterocycles. The smallest absolute Gasteiger partial charge is 0.268 e. The van der Waals surface area contributed by atoms with Gasteiger partial charge in [0.1, 0.15) is 0 Å². The molecule has 20 heavy (non-hydrogen) atoms. The molecule has 3 rings (SSSR count). The second-order valence-electron chi connectivity index (χ2n) is 5.74. The van der Waals surface area contributed by atoms with Crippen molar-refractivity contribution in [3.63, 3.8) is 0 Å². The van der Waals surface area contributed by atoms with Gasteiger partial charge in [-0.2, -0.15) is 5.10 Å². The van der Waals surface area contributed by atoms with Crippen LogP contribution in [0.15, 0.2) is 17.1 Å². The lowest BCUT2D eigenvalue weighted by Crippen LogP contribution is -2.44. The molecular formula is C14H20N4O2. The molecule has 6 nitrogen and oxygen atoms in total. The lowest BCUT2D eigenvalue weighted by atomic mass is 9.97. The van der Waals surface area contributed by atoms with Gasteiger partial charge < -0.3 is 10.2 Å². The van der Waals surface area contributed by atoms with E-state index >= 15 is 0 Å². The zero-order valence-electron chi connectivity index (χ0n) is 11.7. The molecule has 1 aromatic rings. The summed E-state index contributed by atoms with van der Waals surface area (Å²) in [6.45, 7) is 1.55. The predicted octanol–water partition coefficient (Wildman–Crippen LogP) is 0.275. The molecule has 0 spiro atoms. The quantitative estimate of drug-likeness (QED) is 0.861. The third-order valence-electron chi connectivity index (χ3n) is 4.03. The second kappa shape index (κ2) is 5.26. The standard InChI is InChI=1S/C14H20N4O2/c1-17-13(19)7-12(8-15-17)18-6-2-3-10(9-18)14(20)16-11-4-5-11/h7-8,10-11H,2-6,9H2,1H3,(H,16,20)/t10-/m0/s1. The van der Waals surface area contributed by atoms with Crippen molar-refractivity contribution in [2.24, 2.45) is 13.0 Å². The Labute approximate surface area is 117 Å². The zero-order chi connectivity index (χ0) is 14.1. The van der Waals surface area contributed by atoms with E-state index in [-0.39, 0.29) is 17.4 Å². The average Bonchev–Trinajstić information content (AvgIpc) is 3.26. The number of piperidine rings is 1. The first-order chi connectivity index (χ1) is 9.63. The molecule has 108 valence electrons. The van der Waals surface area contributed by atoms with Crippen LogP contribution in [0.1, 0.15) is 25.7 Å². The van der Waals surface area contributed by atoms with Crippen LogP contribution in [-0.2, 0) is 11.8 Å². The number of amides is 1. The Kier molecular flexibility index (Phi) is 3.46. The first-order valence-corrected chi connectivity index (χ1v) is 7.22. The fourth-order valence-corrected chi connectivity index (χ4v) is 2.61. The van der Waals surface area contributed by atoms with Crippen LogP contribution in [0.5, 0.6) is 0 Å². The maximum absolute atomic E-state index is 12.1. The Morgan fingerprint density at radius 3 is 2.90 bits per heavy atom. The summed E-state index contributed by atoms with van der Waals surface area (Å²) in [4.78, 5) is 25.9. The molecule has 6 heteroatoms. The van der Waals surface area contributed by atoms with E-state index in [9.17, 15) is 9.59 Å². The van der Waals surface area contributed by atoms with Crippen LogP contribution in [0.4, 0.5) is 5.69 Å². The summed E-state index contributed by atoms with van der Waals surface area (Å²) in [5.74, 6) is 0.183. The molecule has 1 aliphatic heterocycles. The van der Waals surface area contributed by atoms with Crippen molar-refractivity contribution in [1.82, 2.24) is 15.1 Å². The second-order valence-corrected chi connectivity index (χ2v) is 5.74. The highest BCUT2D eigenvalue weighted by atomic mass is 16.2. The number of hydrogen-bond acceptors (Lipinski definition) is 4. The molecule has 0 unspecified atom stereocenters. The van der Waals surface area contributed by atoms with Crippen molar-refractivity contribution < 1.29 is 4.79 Å². The maximum atomic E-state index is 12.1. The third-order valence-corrected chi connectivity index (χ3v) is 4.03. The Morgan fingerprint density at radius 1 is 1.40 bits per heavy atom. The third kappa shape index (κ3) is 2.84. The number of carbonyl (C=O) groups is 1. The summed E-state index contributed by atoms with van der Waals surface area (Å²) in [6, 6.07) is 2.00. The van der Waals surface area contributed by atoms with Gasteiger partial charge in [-0.3, -0.25) is 9.59 Å². The van der Waals surface area contributed by atoms with Crippen LogP contribution in [0.3, 0.4) is 0 Å². The van der Waals surface area contributed by atoms with Crippen LogP contribution in [0.2, 0.25) is 0 Å². The highest BCUT2D eigenvalue weighted by Gasteiger charge is 2.30. The van der Waals surface area contributed by atoms with Crippen molar-refractivity contribution >= 4 is 11.6 Å². The van der Waals surface area contributed by atoms with Gasteiger partial charge in [-0.05, 0) is 25.7 Å². The monoisotopic (exact) mass is 276 g/mol. The molecular weight excluding hydrogens is 256 g/mol. The van der Waals surface area contributed by atoms with E-state index in [2.05, 4.69) is 15.3 Å². The predicted molar refractivity (Wildman–Crippen MR) is 75.6 cm³/mol. The molecule has 1 aliphatic carbocycles. The summed E-state index contributed by atoms with van der Waals surface area (Å²) < 4.78 is 1.31. The molecule has 0 aromatic carbocycles. The zero-order valence-corrected chi connectivity index (χ0v) is 11.7. The number of nitrogens with one attached hydrogen (secondary N) is 1. The number of nitrogens with zero attached hydrogens (tertiary/aromatic N) is 3. The number of aryl methyl sites for hydroxylation is 1. The fraction of sp³-hybridized carbons (Fsp3) is 0.643. The van der Waals surface area contributed by atoms with E-state index in [0.717, 1.165) is 37.9 Å². The normalized spacial score (nSPS) is 22.6. The summed E-state index contributed by atoms with van der Waals surface area (Å²) in [7, 11) is 1.63. The van der Waals surface area contributed by atoms with Crippen LogP contribution in [0.25, 0.3) is 0 Å². The number of hydrogen-bond donors (Lipinski definition) is 1. The summed E-state index contributed by atoms with van der Waals surface area (Å²) >= 11 is 0. The molecule has 1 saturated carbocycles. The molecule has 2 heterocycles. The topological polar surface area (TPSA) is 67.2 Å². The first-order valence-electron chi connectivity index (χ1n) is 7.22. The van der Waals surface area contributed by atoms with Crippen LogP contribution < -0.4 is 15.8 Å². The minimum Gasteiger partial charge on any atom is -0.369 e. The lowest BCUT2D eigenvalue weighted by molar-refractivity contribution is -0.125. The van der Waals surface area contributed by atoms with Gasteiger partial charge in [-0.1, -0.05) is 0 Å². The molecule has 1 N–H and O–H groups in total. The van der Waals surface area contributed by atoms with Gasteiger partial charge in [0.05, 0.1) is 17.8 Å². The van der Waals surface area contributed by atoms with E-state index in [4.69, 9.17) is 0 Å². The summed E-state index contributed by atoms with van der Waals surface area (Å²) in [5.41, 5.74) is 0.698. The van der Waals surface area contributed by atoms with Crippen molar-refractivity contribution in [3.05, 3.63) is 22.6 Å². The number of aromatic nitrogens is 2. The minimum atomic E-state index is -0.118. The van der Waals surface area contributed by atoms with Crippen molar-refractivity contribution in [2.75, 3.05) is 18.0 Å². The van der Waals surface area contributed by atoms with Crippen LogP contribution >= 0.6 is 0 Å². The summed E-state index contributed by atoms with van der Waals surface area (Å²) in [5, 5.41) is 7.11. The fourth-order valence-electron chi connectivity index (χ4n) is 2.61. The van der Waals surface area contributed by atoms with Crippen molar-refractivity contribution in [1.29, 1.82) is 0 Å². The average molecular weight is 276 g/mol. The molecule has 1 atom stereocenters. The van der Waals surface area contributed by atoms with E-state index in [1.54, 1.807) is 19.3 Å². The molecule has 0 radical (unpaired) electrons. The van der Waals surface area contributed by atoms with Crippen molar-refractivity contribution in [3.8, 4) is 0 Å². The molecule has 1 aromatic heterocycles. The van der Waals surface area contributed by atoms with Crippen LogP contribution in [-0.4, -0.2) is 34.8 Å². The van der Waals surface area contributed by atoms with Crippen LogP contribution in [0, 0.1) is 5.92 Å². The maximum Gasteiger partial charge on any atom is 0.268 e. The lowest BCUT2D eigenvalue weighted by Gasteiger charge is -2.33. The Morgan fingerprint density at radius 2 is 2.20 bits per heavy atom. The molecule has 1 amide bonds. The van der Waals surface area contributed by atoms with E-state index in [1.165, 1.54) is 4.68 Å². The van der Waals surface area contributed by atoms with Gasteiger partial charge in [0.15, 0.2) is 0 Å². The van der Waals surface area contributed by atoms with Gasteiger partial charge in [-0.15, -0.1) is 0 Å². The first kappa shape index (κ1) is 13.1. The highest BCUT2D eigenvalue weighted by molar-refractivity contribution is 5.80. The van der Waals surface area contributed by atoms with E-state index < -0.39 is 0 Å². The summed E-state index contributed by atoms with van der Waals surface area (Å²) in [6.07, 6.45) is 5.81. The van der Waals surface area contributed by atoms with Crippen molar-refractivity contribution in [2.45, 2.75) is 31.7 Å².